The van der Waals surface area contributed by atoms with Crippen LogP contribution in [0, 0.1) is 0 Å². The second-order valence-corrected chi connectivity index (χ2v) is 7.99. The van der Waals surface area contributed by atoms with Crippen molar-refractivity contribution in [1.29, 1.82) is 0 Å². The molecule has 0 aliphatic carbocycles. The summed E-state index contributed by atoms with van der Waals surface area (Å²) in [6, 6.07) is 11.5. The van der Waals surface area contributed by atoms with E-state index in [0.717, 1.165) is 26.2 Å². The van der Waals surface area contributed by atoms with Crippen molar-refractivity contribution < 1.29 is 4.79 Å². The van der Waals surface area contributed by atoms with Gasteiger partial charge in [0.25, 0.3) is 5.91 Å². The van der Waals surface area contributed by atoms with Gasteiger partial charge in [0.05, 0.1) is 6.04 Å². The van der Waals surface area contributed by atoms with Gasteiger partial charge in [-0.2, -0.15) is 0 Å². The number of carbonyl (C=O) groups excluding carboxylic acids is 1. The molecule has 1 aromatic heterocycles. The molecule has 4 nitrogen and oxygen atoms in total. The number of nitrogens with zero attached hydrogens (tertiary/aromatic N) is 2. The zero-order valence-electron chi connectivity index (χ0n) is 14.6. The topological polar surface area (TPSA) is 35.6 Å². The van der Waals surface area contributed by atoms with Crippen LogP contribution >= 0.6 is 22.9 Å². The van der Waals surface area contributed by atoms with E-state index in [1.165, 1.54) is 4.88 Å². The van der Waals surface area contributed by atoms with E-state index in [1.807, 2.05) is 0 Å². The molecule has 0 saturated carbocycles. The number of nitrogens with one attached hydrogen (secondary N) is 1. The molecule has 0 radical (unpaired) electrons. The molecule has 3 rings (SSSR count). The van der Waals surface area contributed by atoms with Crippen LogP contribution in [0.15, 0.2) is 41.8 Å². The maximum Gasteiger partial charge on any atom is 0.251 e. The largest absolute Gasteiger partial charge is 0.348 e. The Bertz CT molecular complexity index is 698. The van der Waals surface area contributed by atoms with Gasteiger partial charge in [0.1, 0.15) is 0 Å². The Morgan fingerprint density at radius 3 is 2.60 bits per heavy atom. The van der Waals surface area contributed by atoms with Crippen LogP contribution in [0.2, 0.25) is 5.02 Å². The molecular formula is C19H24ClN3OS. The number of hydrogen-bond acceptors (Lipinski definition) is 4. The Morgan fingerprint density at radius 1 is 1.20 bits per heavy atom. The van der Waals surface area contributed by atoms with Crippen LogP contribution in [0.3, 0.4) is 0 Å². The summed E-state index contributed by atoms with van der Waals surface area (Å²) in [5.74, 6) is -0.0781. The normalized spacial score (nSPS) is 18.7. The lowest BCUT2D eigenvalue weighted by Crippen LogP contribution is -2.51. The van der Waals surface area contributed by atoms with E-state index in [1.54, 1.807) is 35.6 Å². The predicted molar refractivity (Wildman–Crippen MR) is 105 cm³/mol. The predicted octanol–water partition coefficient (Wildman–Crippen LogP) is 3.51. The molecule has 1 fully saturated rings. The molecule has 1 amide bonds. The van der Waals surface area contributed by atoms with Gasteiger partial charge < -0.3 is 10.2 Å². The third-order valence-corrected chi connectivity index (χ3v) is 5.86. The highest BCUT2D eigenvalue weighted by Crippen LogP contribution is 2.29. The molecule has 2 aromatic rings. The fourth-order valence-corrected chi connectivity index (χ4v) is 4.46. The first-order valence-corrected chi connectivity index (χ1v) is 9.83. The van der Waals surface area contributed by atoms with Gasteiger partial charge in [-0.1, -0.05) is 23.7 Å². The molecule has 134 valence electrons. The van der Waals surface area contributed by atoms with Crippen LogP contribution in [0.5, 0.6) is 0 Å². The quantitative estimate of drug-likeness (QED) is 0.866. The van der Waals surface area contributed by atoms with Gasteiger partial charge >= 0.3 is 0 Å². The summed E-state index contributed by atoms with van der Waals surface area (Å²) in [5, 5.41) is 5.85. The standard InChI is InChI=1S/C19H24ClN3OS/c1-14(21-19(24)15-5-3-6-16(20)13-15)18(17-7-4-12-25-17)23-10-8-22(2)9-11-23/h3-7,12-14,18H,8-11H2,1-2H3,(H,21,24)/t14-,18+/m1/s1. The van der Waals surface area contributed by atoms with Gasteiger partial charge in [0, 0.05) is 47.7 Å². The van der Waals surface area contributed by atoms with Crippen molar-refractivity contribution in [2.45, 2.75) is 19.0 Å². The number of halogens is 1. The summed E-state index contributed by atoms with van der Waals surface area (Å²) in [6.07, 6.45) is 0. The van der Waals surface area contributed by atoms with E-state index >= 15 is 0 Å². The van der Waals surface area contributed by atoms with Crippen molar-refractivity contribution in [3.05, 3.63) is 57.2 Å². The number of benzene rings is 1. The summed E-state index contributed by atoms with van der Waals surface area (Å²) in [4.78, 5) is 18.7. The first-order chi connectivity index (χ1) is 12.0. The highest BCUT2D eigenvalue weighted by Gasteiger charge is 2.30. The van der Waals surface area contributed by atoms with Crippen LogP contribution < -0.4 is 5.32 Å². The molecule has 6 heteroatoms. The van der Waals surface area contributed by atoms with Crippen molar-refractivity contribution in [2.24, 2.45) is 0 Å². The molecule has 2 atom stereocenters. The molecule has 0 bridgehead atoms. The number of rotatable bonds is 5. The van der Waals surface area contributed by atoms with E-state index < -0.39 is 0 Å². The minimum absolute atomic E-state index is 0.00791. The van der Waals surface area contributed by atoms with E-state index in [-0.39, 0.29) is 18.0 Å². The van der Waals surface area contributed by atoms with Gasteiger partial charge in [-0.15, -0.1) is 11.3 Å². The molecule has 1 aliphatic rings. The SMILES string of the molecule is C[C@@H](NC(=O)c1cccc(Cl)c1)[C@@H](c1cccs1)N1CCN(C)CC1. The van der Waals surface area contributed by atoms with E-state index in [4.69, 9.17) is 11.6 Å². The number of likely N-dealkylation sites (N-methyl/N-ethyl adjacent to an activating group) is 1. The number of thiophene rings is 1. The van der Waals surface area contributed by atoms with E-state index in [9.17, 15) is 4.79 Å². The summed E-state index contributed by atoms with van der Waals surface area (Å²) < 4.78 is 0. The van der Waals surface area contributed by atoms with Crippen molar-refractivity contribution in [2.75, 3.05) is 33.2 Å². The number of piperazine rings is 1. The van der Waals surface area contributed by atoms with Gasteiger partial charge in [0.2, 0.25) is 0 Å². The van der Waals surface area contributed by atoms with Gasteiger partial charge in [0.15, 0.2) is 0 Å². The van der Waals surface area contributed by atoms with Gasteiger partial charge in [-0.3, -0.25) is 9.69 Å². The maximum atomic E-state index is 12.6. The summed E-state index contributed by atoms with van der Waals surface area (Å²) >= 11 is 7.76. The zero-order chi connectivity index (χ0) is 17.8. The minimum Gasteiger partial charge on any atom is -0.348 e. The van der Waals surface area contributed by atoms with Crippen LogP contribution in [-0.4, -0.2) is 55.0 Å². The second-order valence-electron chi connectivity index (χ2n) is 6.57. The second kappa shape index (κ2) is 8.32. The average molecular weight is 378 g/mol. The average Bonchev–Trinajstić information content (AvgIpc) is 3.11. The molecule has 0 unspecified atom stereocenters. The fourth-order valence-electron chi connectivity index (χ4n) is 3.30. The van der Waals surface area contributed by atoms with Crippen LogP contribution in [0.25, 0.3) is 0 Å². The van der Waals surface area contributed by atoms with Gasteiger partial charge in [-0.25, -0.2) is 0 Å². The molecule has 2 heterocycles. The lowest BCUT2D eigenvalue weighted by Gasteiger charge is -2.40. The van der Waals surface area contributed by atoms with Crippen LogP contribution in [0.1, 0.15) is 28.2 Å². The molecular weight excluding hydrogens is 354 g/mol. The van der Waals surface area contributed by atoms with Crippen molar-refractivity contribution in [3.8, 4) is 0 Å². The molecule has 1 aromatic carbocycles. The number of amides is 1. The van der Waals surface area contributed by atoms with Crippen molar-refractivity contribution in [3.63, 3.8) is 0 Å². The maximum absolute atomic E-state index is 12.6. The van der Waals surface area contributed by atoms with E-state index in [2.05, 4.69) is 46.6 Å². The first-order valence-electron chi connectivity index (χ1n) is 8.57. The number of carbonyl (C=O) groups is 1. The smallest absolute Gasteiger partial charge is 0.251 e. The number of hydrogen-bond donors (Lipinski definition) is 1. The highest BCUT2D eigenvalue weighted by molar-refractivity contribution is 7.10. The van der Waals surface area contributed by atoms with Crippen LogP contribution in [-0.2, 0) is 0 Å². The van der Waals surface area contributed by atoms with Gasteiger partial charge in [-0.05, 0) is 43.6 Å². The first kappa shape index (κ1) is 18.4. The molecule has 1 saturated heterocycles. The minimum atomic E-state index is -0.0781. The summed E-state index contributed by atoms with van der Waals surface area (Å²) in [6.45, 7) is 6.21. The Morgan fingerprint density at radius 2 is 1.96 bits per heavy atom. The highest BCUT2D eigenvalue weighted by atomic mass is 35.5. The third kappa shape index (κ3) is 4.61. The molecule has 1 N–H and O–H groups in total. The van der Waals surface area contributed by atoms with Crippen molar-refractivity contribution in [1.82, 2.24) is 15.1 Å². The summed E-state index contributed by atoms with van der Waals surface area (Å²) in [7, 11) is 2.15. The summed E-state index contributed by atoms with van der Waals surface area (Å²) in [5.41, 5.74) is 0.600. The third-order valence-electron chi connectivity index (χ3n) is 4.69. The lowest BCUT2D eigenvalue weighted by molar-refractivity contribution is 0.0799. The molecule has 1 aliphatic heterocycles. The Balaban J connectivity index is 1.75. The molecule has 25 heavy (non-hydrogen) atoms. The lowest BCUT2D eigenvalue weighted by atomic mass is 10.0. The monoisotopic (exact) mass is 377 g/mol. The van der Waals surface area contributed by atoms with Crippen LogP contribution in [0.4, 0.5) is 0 Å². The van der Waals surface area contributed by atoms with Crippen molar-refractivity contribution >= 4 is 28.8 Å². The van der Waals surface area contributed by atoms with E-state index in [0.29, 0.717) is 10.6 Å². The fraction of sp³-hybridized carbons (Fsp3) is 0.421. The zero-order valence-corrected chi connectivity index (χ0v) is 16.2. The Labute approximate surface area is 158 Å². The Kier molecular flexibility index (Phi) is 6.12. The Hall–Kier alpha value is -1.40. The molecule has 0 spiro atoms.